The van der Waals surface area contributed by atoms with E-state index in [9.17, 15) is 13.2 Å². The van der Waals surface area contributed by atoms with Crippen molar-refractivity contribution < 1.29 is 18.3 Å². The number of pyridine rings is 1. The number of halogens is 1. The van der Waals surface area contributed by atoms with Gasteiger partial charge < -0.3 is 10.8 Å². The van der Waals surface area contributed by atoms with Gasteiger partial charge in [0.1, 0.15) is 17.3 Å². The molecule has 1 heterocycles. The molecular weight excluding hydrogens is 294 g/mol. The number of sulfonamides is 1. The van der Waals surface area contributed by atoms with Gasteiger partial charge in [0.05, 0.1) is 5.02 Å². The van der Waals surface area contributed by atoms with Crippen molar-refractivity contribution >= 4 is 33.4 Å². The summed E-state index contributed by atoms with van der Waals surface area (Å²) in [6.07, 6.45) is 1.69. The van der Waals surface area contributed by atoms with Crippen molar-refractivity contribution in [2.24, 2.45) is 0 Å². The molecule has 0 aromatic carbocycles. The van der Waals surface area contributed by atoms with E-state index in [1.807, 2.05) is 0 Å². The van der Waals surface area contributed by atoms with E-state index >= 15 is 0 Å². The predicted octanol–water partition coefficient (Wildman–Crippen LogP) is 0.802. The van der Waals surface area contributed by atoms with Gasteiger partial charge in [0.2, 0.25) is 10.0 Å². The Labute approximate surface area is 116 Å². The summed E-state index contributed by atoms with van der Waals surface area (Å²) in [5.41, 5.74) is 5.52. The molecule has 0 amide bonds. The Hall–Kier alpha value is -1.38. The molecule has 19 heavy (non-hydrogen) atoms. The van der Waals surface area contributed by atoms with Gasteiger partial charge in [-0.15, -0.1) is 0 Å². The van der Waals surface area contributed by atoms with E-state index < -0.39 is 22.5 Å². The van der Waals surface area contributed by atoms with Crippen LogP contribution in [0.5, 0.6) is 0 Å². The molecule has 0 saturated carbocycles. The van der Waals surface area contributed by atoms with Crippen LogP contribution in [0.1, 0.15) is 13.3 Å². The number of nitrogens with two attached hydrogens (primary N) is 1. The van der Waals surface area contributed by atoms with Crippen molar-refractivity contribution in [2.45, 2.75) is 18.2 Å². The van der Waals surface area contributed by atoms with Gasteiger partial charge in [-0.25, -0.2) is 13.4 Å². The molecule has 0 unspecified atom stereocenters. The molecule has 0 bridgehead atoms. The van der Waals surface area contributed by atoms with Crippen molar-refractivity contribution in [1.82, 2.24) is 9.29 Å². The molecule has 0 atom stereocenters. The third-order valence-corrected chi connectivity index (χ3v) is 4.33. The third-order valence-electron chi connectivity index (χ3n) is 2.25. The van der Waals surface area contributed by atoms with Crippen LogP contribution >= 0.6 is 11.6 Å². The highest BCUT2D eigenvalue weighted by atomic mass is 35.5. The van der Waals surface area contributed by atoms with E-state index in [1.165, 1.54) is 6.20 Å². The van der Waals surface area contributed by atoms with Crippen LogP contribution in [0.3, 0.4) is 0 Å². The SMILES string of the molecule is CCCN(CC(=O)O)S(=O)(=O)c1cc(Cl)cnc1N. The zero-order chi connectivity index (χ0) is 14.6. The first kappa shape index (κ1) is 15.7. The van der Waals surface area contributed by atoms with Crippen LogP contribution in [0.2, 0.25) is 5.02 Å². The molecule has 3 N–H and O–H groups in total. The Morgan fingerprint density at radius 1 is 1.58 bits per heavy atom. The fourth-order valence-electron chi connectivity index (χ4n) is 1.46. The van der Waals surface area contributed by atoms with Crippen LogP contribution in [0.15, 0.2) is 17.2 Å². The van der Waals surface area contributed by atoms with Crippen LogP contribution in [-0.2, 0) is 14.8 Å². The van der Waals surface area contributed by atoms with E-state index in [0.29, 0.717) is 6.42 Å². The van der Waals surface area contributed by atoms with E-state index in [1.54, 1.807) is 6.92 Å². The fourth-order valence-corrected chi connectivity index (χ4v) is 3.26. The summed E-state index contributed by atoms with van der Waals surface area (Å²) in [4.78, 5) is 14.1. The maximum atomic E-state index is 12.3. The molecule has 0 saturated heterocycles. The number of aromatic nitrogens is 1. The molecule has 0 aliphatic carbocycles. The average molecular weight is 308 g/mol. The largest absolute Gasteiger partial charge is 0.480 e. The molecule has 0 aliphatic rings. The minimum absolute atomic E-state index is 0.0700. The Bertz CT molecular complexity index is 576. The molecule has 1 rings (SSSR count). The van der Waals surface area contributed by atoms with Crippen LogP contribution in [-0.4, -0.2) is 41.9 Å². The molecule has 0 aliphatic heterocycles. The number of rotatable bonds is 6. The molecular formula is C10H14ClN3O4S. The number of nitrogens with zero attached hydrogens (tertiary/aromatic N) is 2. The number of hydrogen-bond donors (Lipinski definition) is 2. The van der Waals surface area contributed by atoms with Crippen LogP contribution < -0.4 is 5.73 Å². The van der Waals surface area contributed by atoms with Gasteiger partial charge in [-0.05, 0) is 12.5 Å². The summed E-state index contributed by atoms with van der Waals surface area (Å²) in [5, 5.41) is 8.88. The first-order valence-electron chi connectivity index (χ1n) is 5.42. The highest BCUT2D eigenvalue weighted by molar-refractivity contribution is 7.89. The van der Waals surface area contributed by atoms with Crippen molar-refractivity contribution in [1.29, 1.82) is 0 Å². The second-order valence-electron chi connectivity index (χ2n) is 3.77. The van der Waals surface area contributed by atoms with E-state index in [-0.39, 0.29) is 22.3 Å². The Kier molecular flexibility index (Phi) is 5.10. The monoisotopic (exact) mass is 307 g/mol. The van der Waals surface area contributed by atoms with Gasteiger partial charge in [0.15, 0.2) is 0 Å². The lowest BCUT2D eigenvalue weighted by atomic mass is 10.5. The highest BCUT2D eigenvalue weighted by Crippen LogP contribution is 2.23. The number of aliphatic carboxylic acids is 1. The molecule has 1 aromatic heterocycles. The first-order chi connectivity index (χ1) is 8.78. The van der Waals surface area contributed by atoms with E-state index in [0.717, 1.165) is 10.4 Å². The summed E-state index contributed by atoms with van der Waals surface area (Å²) < 4.78 is 25.5. The summed E-state index contributed by atoms with van der Waals surface area (Å²) in [6.45, 7) is 1.17. The number of carboxylic acid groups (broad SMARTS) is 1. The highest BCUT2D eigenvalue weighted by Gasteiger charge is 2.28. The Morgan fingerprint density at radius 3 is 2.74 bits per heavy atom. The number of carboxylic acids is 1. The number of anilines is 1. The smallest absolute Gasteiger partial charge is 0.318 e. The maximum absolute atomic E-state index is 12.3. The lowest BCUT2D eigenvalue weighted by molar-refractivity contribution is -0.137. The second-order valence-corrected chi connectivity index (χ2v) is 6.11. The standard InChI is InChI=1S/C10H14ClN3O4S/c1-2-3-14(6-9(15)16)19(17,18)8-4-7(11)5-13-10(8)12/h4-5H,2-3,6H2,1H3,(H2,12,13)(H,15,16). The van der Waals surface area contributed by atoms with E-state index in [4.69, 9.17) is 22.4 Å². The molecule has 1 aromatic rings. The Morgan fingerprint density at radius 2 is 2.21 bits per heavy atom. The molecule has 0 spiro atoms. The van der Waals surface area contributed by atoms with Crippen LogP contribution in [0.4, 0.5) is 5.82 Å². The van der Waals surface area contributed by atoms with Crippen molar-refractivity contribution in [3.63, 3.8) is 0 Å². The Balaban J connectivity index is 3.25. The van der Waals surface area contributed by atoms with Gasteiger partial charge in [-0.1, -0.05) is 18.5 Å². The van der Waals surface area contributed by atoms with Crippen molar-refractivity contribution in [3.8, 4) is 0 Å². The van der Waals surface area contributed by atoms with Crippen LogP contribution in [0, 0.1) is 0 Å². The summed E-state index contributed by atoms with van der Waals surface area (Å²) in [7, 11) is -4.03. The van der Waals surface area contributed by atoms with Gasteiger partial charge >= 0.3 is 5.97 Å². The average Bonchev–Trinajstić information content (AvgIpc) is 2.31. The minimum atomic E-state index is -4.03. The normalized spacial score (nSPS) is 11.7. The molecule has 0 radical (unpaired) electrons. The predicted molar refractivity (Wildman–Crippen MR) is 70.3 cm³/mol. The van der Waals surface area contributed by atoms with Crippen molar-refractivity contribution in [3.05, 3.63) is 17.3 Å². The lowest BCUT2D eigenvalue weighted by Crippen LogP contribution is -2.36. The first-order valence-corrected chi connectivity index (χ1v) is 7.23. The van der Waals surface area contributed by atoms with Crippen molar-refractivity contribution in [2.75, 3.05) is 18.8 Å². The molecule has 7 nitrogen and oxygen atoms in total. The van der Waals surface area contributed by atoms with Gasteiger partial charge in [0, 0.05) is 12.7 Å². The maximum Gasteiger partial charge on any atom is 0.318 e. The third kappa shape index (κ3) is 3.79. The number of carbonyl (C=O) groups is 1. The molecule has 106 valence electrons. The quantitative estimate of drug-likeness (QED) is 0.803. The summed E-state index contributed by atoms with van der Waals surface area (Å²) >= 11 is 5.69. The van der Waals surface area contributed by atoms with Gasteiger partial charge in [-0.2, -0.15) is 4.31 Å². The number of hydrogen-bond acceptors (Lipinski definition) is 5. The van der Waals surface area contributed by atoms with E-state index in [2.05, 4.69) is 4.98 Å². The molecule has 9 heteroatoms. The fraction of sp³-hybridized carbons (Fsp3) is 0.400. The van der Waals surface area contributed by atoms with Gasteiger partial charge in [-0.3, -0.25) is 4.79 Å². The zero-order valence-corrected chi connectivity index (χ0v) is 11.8. The topological polar surface area (TPSA) is 114 Å². The lowest BCUT2D eigenvalue weighted by Gasteiger charge is -2.20. The summed E-state index contributed by atoms with van der Waals surface area (Å²) in [5.74, 6) is -1.46. The van der Waals surface area contributed by atoms with Gasteiger partial charge in [0.25, 0.3) is 0 Å². The minimum Gasteiger partial charge on any atom is -0.480 e. The zero-order valence-electron chi connectivity index (χ0n) is 10.2. The van der Waals surface area contributed by atoms with Crippen LogP contribution in [0.25, 0.3) is 0 Å². The molecule has 0 fully saturated rings. The second kappa shape index (κ2) is 6.18. The number of nitrogen functional groups attached to an aromatic ring is 1. The summed E-state index contributed by atoms with van der Waals surface area (Å²) in [6, 6.07) is 1.16.